The van der Waals surface area contributed by atoms with E-state index in [0.717, 1.165) is 9.86 Å². The number of rotatable bonds is 6. The van der Waals surface area contributed by atoms with Gasteiger partial charge in [-0.1, -0.05) is 34.1 Å². The monoisotopic (exact) mass is 494 g/mol. The van der Waals surface area contributed by atoms with Gasteiger partial charge in [0.15, 0.2) is 5.76 Å². The fraction of sp³-hybridized carbons (Fsp3) is 0.0833. The predicted octanol–water partition coefficient (Wildman–Crippen LogP) is 5.72. The molecule has 0 bridgehead atoms. The van der Waals surface area contributed by atoms with Crippen LogP contribution in [0.25, 0.3) is 11.0 Å². The maximum Gasteiger partial charge on any atom is 0.291 e. The van der Waals surface area contributed by atoms with E-state index >= 15 is 0 Å². The molecule has 0 atom stereocenters. The molecule has 0 aliphatic rings. The topological polar surface area (TPSA) is 89.8 Å². The molecule has 0 fully saturated rings. The van der Waals surface area contributed by atoms with E-state index in [0.29, 0.717) is 34.0 Å². The van der Waals surface area contributed by atoms with Gasteiger partial charge in [-0.2, -0.15) is 0 Å². The number of methoxy groups -OCH3 is 2. The second kappa shape index (κ2) is 9.15. The highest BCUT2D eigenvalue weighted by Crippen LogP contribution is 2.37. The van der Waals surface area contributed by atoms with Gasteiger partial charge >= 0.3 is 0 Å². The van der Waals surface area contributed by atoms with Crippen molar-refractivity contribution in [3.8, 4) is 11.5 Å². The van der Waals surface area contributed by atoms with Gasteiger partial charge in [-0.25, -0.2) is 0 Å². The molecule has 0 saturated heterocycles. The van der Waals surface area contributed by atoms with Gasteiger partial charge in [0.1, 0.15) is 17.1 Å². The number of hydrogen-bond donors (Lipinski definition) is 2. The van der Waals surface area contributed by atoms with Crippen LogP contribution in [0.2, 0.25) is 0 Å². The maximum atomic E-state index is 12.8. The van der Waals surface area contributed by atoms with Crippen molar-refractivity contribution >= 4 is 50.1 Å². The first-order chi connectivity index (χ1) is 15.5. The summed E-state index contributed by atoms with van der Waals surface area (Å²) < 4.78 is 17.4. The van der Waals surface area contributed by atoms with Crippen LogP contribution in [0.4, 0.5) is 11.4 Å². The molecule has 8 heteroatoms. The van der Waals surface area contributed by atoms with Crippen molar-refractivity contribution < 1.29 is 23.5 Å². The summed E-state index contributed by atoms with van der Waals surface area (Å²) in [6.45, 7) is 0. The summed E-state index contributed by atoms with van der Waals surface area (Å²) in [5.41, 5.74) is 1.88. The van der Waals surface area contributed by atoms with E-state index in [4.69, 9.17) is 13.9 Å². The minimum Gasteiger partial charge on any atom is -0.494 e. The Bertz CT molecular complexity index is 1300. The van der Waals surface area contributed by atoms with Crippen molar-refractivity contribution in [2.45, 2.75) is 0 Å². The Labute approximate surface area is 192 Å². The largest absolute Gasteiger partial charge is 0.494 e. The summed E-state index contributed by atoms with van der Waals surface area (Å²) in [5, 5.41) is 6.39. The third-order valence-corrected chi connectivity index (χ3v) is 5.25. The Hall–Kier alpha value is -3.78. The Morgan fingerprint density at radius 3 is 2.06 bits per heavy atom. The number of carbonyl (C=O) groups excluding carboxylic acids is 2. The average Bonchev–Trinajstić information content (AvgIpc) is 3.23. The predicted molar refractivity (Wildman–Crippen MR) is 126 cm³/mol. The second-order valence-electron chi connectivity index (χ2n) is 6.82. The summed E-state index contributed by atoms with van der Waals surface area (Å²) in [6.07, 6.45) is 0. The molecule has 3 aromatic carbocycles. The molecular formula is C24H19BrN2O5. The maximum absolute atomic E-state index is 12.8. The lowest BCUT2D eigenvalue weighted by Gasteiger charge is -2.16. The number of carbonyl (C=O) groups is 2. The van der Waals surface area contributed by atoms with Crippen LogP contribution in [-0.4, -0.2) is 26.0 Å². The molecule has 1 heterocycles. The fourth-order valence-electron chi connectivity index (χ4n) is 3.19. The van der Waals surface area contributed by atoms with E-state index in [-0.39, 0.29) is 11.7 Å². The van der Waals surface area contributed by atoms with Gasteiger partial charge in [0.2, 0.25) is 0 Å². The normalized spacial score (nSPS) is 10.6. The molecule has 0 aliphatic carbocycles. The second-order valence-corrected chi connectivity index (χ2v) is 7.74. The van der Waals surface area contributed by atoms with Crippen molar-refractivity contribution in [2.24, 2.45) is 0 Å². The SMILES string of the molecule is COc1cc(NC(=O)c2cc3cc(Br)ccc3o2)c(OC)cc1NC(=O)c1ccccc1. The number of hydrogen-bond acceptors (Lipinski definition) is 5. The summed E-state index contributed by atoms with van der Waals surface area (Å²) >= 11 is 3.40. The number of amides is 2. The van der Waals surface area contributed by atoms with Crippen LogP contribution in [0.3, 0.4) is 0 Å². The van der Waals surface area contributed by atoms with Gasteiger partial charge in [-0.15, -0.1) is 0 Å². The lowest BCUT2D eigenvalue weighted by atomic mass is 10.2. The number of benzene rings is 3. The standard InChI is InChI=1S/C24H19BrN2O5/c1-30-20-13-18(27-24(29)22-11-15-10-16(25)8-9-19(15)32-22)21(31-2)12-17(20)26-23(28)14-6-4-3-5-7-14/h3-13H,1-2H3,(H,26,28)(H,27,29). The quantitative estimate of drug-likeness (QED) is 0.357. The molecule has 2 N–H and O–H groups in total. The van der Waals surface area contributed by atoms with Crippen LogP contribution < -0.4 is 20.1 Å². The highest BCUT2D eigenvalue weighted by Gasteiger charge is 2.19. The van der Waals surface area contributed by atoms with E-state index in [2.05, 4.69) is 26.6 Å². The minimum absolute atomic E-state index is 0.153. The van der Waals surface area contributed by atoms with Gasteiger partial charge in [0.25, 0.3) is 11.8 Å². The zero-order valence-electron chi connectivity index (χ0n) is 17.3. The molecule has 162 valence electrons. The number of anilines is 2. The minimum atomic E-state index is -0.446. The molecule has 0 aliphatic heterocycles. The van der Waals surface area contributed by atoms with Crippen molar-refractivity contribution in [3.63, 3.8) is 0 Å². The van der Waals surface area contributed by atoms with Crippen molar-refractivity contribution in [3.05, 3.63) is 82.5 Å². The third-order valence-electron chi connectivity index (χ3n) is 4.76. The van der Waals surface area contributed by atoms with Crippen molar-refractivity contribution in [1.29, 1.82) is 0 Å². The molecule has 0 unspecified atom stereocenters. The van der Waals surface area contributed by atoms with E-state index in [1.807, 2.05) is 18.2 Å². The van der Waals surface area contributed by atoms with E-state index in [9.17, 15) is 9.59 Å². The first-order valence-electron chi connectivity index (χ1n) is 9.61. The Balaban J connectivity index is 1.60. The number of furan rings is 1. The lowest BCUT2D eigenvalue weighted by molar-refractivity contribution is 0.0996. The summed E-state index contributed by atoms with van der Waals surface area (Å²) in [6, 6.07) is 19.1. The lowest BCUT2D eigenvalue weighted by Crippen LogP contribution is -2.14. The van der Waals surface area contributed by atoms with Crippen LogP contribution in [0.1, 0.15) is 20.9 Å². The molecule has 0 radical (unpaired) electrons. The zero-order valence-corrected chi connectivity index (χ0v) is 18.9. The number of halogens is 1. The molecule has 4 aromatic rings. The number of ether oxygens (including phenoxy) is 2. The molecule has 4 rings (SSSR count). The first-order valence-corrected chi connectivity index (χ1v) is 10.4. The average molecular weight is 495 g/mol. The number of fused-ring (bicyclic) bond motifs is 1. The van der Waals surface area contributed by atoms with E-state index in [1.54, 1.807) is 48.5 Å². The molecular weight excluding hydrogens is 476 g/mol. The molecule has 1 aromatic heterocycles. The molecule has 0 saturated carbocycles. The summed E-state index contributed by atoms with van der Waals surface area (Å²) in [5.74, 6) is 0.121. The molecule has 7 nitrogen and oxygen atoms in total. The third kappa shape index (κ3) is 4.45. The molecule has 0 spiro atoms. The number of nitrogens with one attached hydrogen (secondary N) is 2. The first kappa shape index (κ1) is 21.5. The van der Waals surface area contributed by atoms with Gasteiger partial charge in [0, 0.05) is 27.6 Å². The highest BCUT2D eigenvalue weighted by molar-refractivity contribution is 9.10. The Kier molecular flexibility index (Phi) is 6.13. The van der Waals surface area contributed by atoms with Crippen LogP contribution in [0.15, 0.2) is 75.6 Å². The van der Waals surface area contributed by atoms with Gasteiger partial charge < -0.3 is 24.5 Å². The van der Waals surface area contributed by atoms with Crippen molar-refractivity contribution in [1.82, 2.24) is 0 Å². The zero-order chi connectivity index (χ0) is 22.7. The van der Waals surface area contributed by atoms with Gasteiger partial charge in [-0.3, -0.25) is 9.59 Å². The Morgan fingerprint density at radius 1 is 0.812 bits per heavy atom. The smallest absolute Gasteiger partial charge is 0.291 e. The fourth-order valence-corrected chi connectivity index (χ4v) is 3.57. The van der Waals surface area contributed by atoms with Crippen molar-refractivity contribution in [2.75, 3.05) is 24.9 Å². The van der Waals surface area contributed by atoms with E-state index in [1.165, 1.54) is 14.2 Å². The highest BCUT2D eigenvalue weighted by atomic mass is 79.9. The Morgan fingerprint density at radius 2 is 1.44 bits per heavy atom. The van der Waals surface area contributed by atoms with Crippen LogP contribution in [0.5, 0.6) is 11.5 Å². The van der Waals surface area contributed by atoms with Crippen LogP contribution in [0, 0.1) is 0 Å². The van der Waals surface area contributed by atoms with Crippen LogP contribution in [-0.2, 0) is 0 Å². The van der Waals surface area contributed by atoms with Crippen LogP contribution >= 0.6 is 15.9 Å². The molecule has 2 amide bonds. The summed E-state index contributed by atoms with van der Waals surface area (Å²) in [7, 11) is 2.95. The van der Waals surface area contributed by atoms with Gasteiger partial charge in [-0.05, 0) is 36.4 Å². The summed E-state index contributed by atoms with van der Waals surface area (Å²) in [4.78, 5) is 25.3. The van der Waals surface area contributed by atoms with Gasteiger partial charge in [0.05, 0.1) is 25.6 Å². The van der Waals surface area contributed by atoms with E-state index < -0.39 is 5.91 Å². The molecule has 32 heavy (non-hydrogen) atoms.